The van der Waals surface area contributed by atoms with Gasteiger partial charge in [0.25, 0.3) is 0 Å². The highest BCUT2D eigenvalue weighted by Crippen LogP contribution is 2.11. The second kappa shape index (κ2) is 6.47. The summed E-state index contributed by atoms with van der Waals surface area (Å²) in [5, 5.41) is 3.60. The zero-order valence-electron chi connectivity index (χ0n) is 10.3. The van der Waals surface area contributed by atoms with Gasteiger partial charge in [0.15, 0.2) is 0 Å². The van der Waals surface area contributed by atoms with Crippen LogP contribution in [0.25, 0.3) is 0 Å². The second-order valence-electron chi connectivity index (χ2n) is 4.56. The summed E-state index contributed by atoms with van der Waals surface area (Å²) >= 11 is 3.40. The third-order valence-corrected chi connectivity index (χ3v) is 3.86. The molecule has 0 amide bonds. The van der Waals surface area contributed by atoms with Gasteiger partial charge in [0.1, 0.15) is 0 Å². The van der Waals surface area contributed by atoms with E-state index in [9.17, 15) is 0 Å². The van der Waals surface area contributed by atoms with Gasteiger partial charge < -0.3 is 10.2 Å². The highest BCUT2D eigenvalue weighted by Gasteiger charge is 2.17. The minimum atomic E-state index is 0.656. The molecule has 1 aromatic rings. The summed E-state index contributed by atoms with van der Waals surface area (Å²) < 4.78 is 1.04. The molecule has 0 bridgehead atoms. The molecule has 3 nitrogen and oxygen atoms in total. The van der Waals surface area contributed by atoms with Gasteiger partial charge in [0, 0.05) is 23.3 Å². The van der Waals surface area contributed by atoms with E-state index in [1.165, 1.54) is 32.5 Å². The zero-order valence-corrected chi connectivity index (χ0v) is 11.9. The van der Waals surface area contributed by atoms with Crippen LogP contribution in [0.1, 0.15) is 25.5 Å². The number of hydrogen-bond acceptors (Lipinski definition) is 3. The monoisotopic (exact) mass is 297 g/mol. The highest BCUT2D eigenvalue weighted by atomic mass is 79.9. The van der Waals surface area contributed by atoms with Crippen LogP contribution < -0.4 is 5.32 Å². The molecule has 1 fully saturated rings. The van der Waals surface area contributed by atoms with Crippen molar-refractivity contribution in [2.45, 2.75) is 32.4 Å². The number of likely N-dealkylation sites (tertiary alicyclic amines) is 1. The number of pyridine rings is 1. The van der Waals surface area contributed by atoms with Gasteiger partial charge in [0.05, 0.1) is 5.69 Å². The minimum Gasteiger partial charge on any atom is -0.308 e. The van der Waals surface area contributed by atoms with Crippen molar-refractivity contribution in [3.63, 3.8) is 0 Å². The maximum Gasteiger partial charge on any atom is 0.0542 e. The van der Waals surface area contributed by atoms with Crippen LogP contribution in [0.15, 0.2) is 22.8 Å². The quantitative estimate of drug-likeness (QED) is 0.925. The molecule has 94 valence electrons. The Bertz CT molecular complexity index is 331. The molecule has 0 aromatic carbocycles. The summed E-state index contributed by atoms with van der Waals surface area (Å²) in [4.78, 5) is 6.88. The Morgan fingerprint density at radius 1 is 1.41 bits per heavy atom. The first-order valence-electron chi connectivity index (χ1n) is 6.34. The van der Waals surface area contributed by atoms with Crippen LogP contribution in [0.5, 0.6) is 0 Å². The van der Waals surface area contributed by atoms with E-state index in [4.69, 9.17) is 0 Å². The molecule has 0 atom stereocenters. The second-order valence-corrected chi connectivity index (χ2v) is 5.47. The summed E-state index contributed by atoms with van der Waals surface area (Å²) in [7, 11) is 0. The maximum atomic E-state index is 4.37. The molecule has 2 heterocycles. The number of hydrogen-bond donors (Lipinski definition) is 1. The van der Waals surface area contributed by atoms with Crippen LogP contribution in [-0.2, 0) is 6.54 Å². The first-order valence-corrected chi connectivity index (χ1v) is 7.13. The molecule has 0 saturated carbocycles. The Morgan fingerprint density at radius 3 is 2.76 bits per heavy atom. The summed E-state index contributed by atoms with van der Waals surface area (Å²) in [6, 6.07) is 4.77. The van der Waals surface area contributed by atoms with E-state index in [0.717, 1.165) is 16.7 Å². The van der Waals surface area contributed by atoms with Crippen molar-refractivity contribution in [1.29, 1.82) is 0 Å². The first kappa shape index (κ1) is 13.0. The lowest BCUT2D eigenvalue weighted by atomic mass is 10.1. The summed E-state index contributed by atoms with van der Waals surface area (Å²) in [5.74, 6) is 0. The average Bonchev–Trinajstić information content (AvgIpc) is 2.39. The Hall–Kier alpha value is -0.450. The van der Waals surface area contributed by atoms with Gasteiger partial charge in [-0.2, -0.15) is 0 Å². The smallest absolute Gasteiger partial charge is 0.0542 e. The number of nitrogens with one attached hydrogen (secondary N) is 1. The van der Waals surface area contributed by atoms with Gasteiger partial charge in [-0.05, 0) is 60.5 Å². The van der Waals surface area contributed by atoms with Crippen LogP contribution in [-0.4, -0.2) is 35.6 Å². The molecule has 1 saturated heterocycles. The number of nitrogens with zero attached hydrogens (tertiary/aromatic N) is 2. The van der Waals surface area contributed by atoms with Crippen LogP contribution >= 0.6 is 15.9 Å². The number of rotatable bonds is 4. The number of aromatic nitrogens is 1. The summed E-state index contributed by atoms with van der Waals surface area (Å²) in [5.41, 5.74) is 1.12. The number of piperidine rings is 1. The van der Waals surface area contributed by atoms with Crippen molar-refractivity contribution in [3.8, 4) is 0 Å². The molecular weight excluding hydrogens is 278 g/mol. The number of halogens is 1. The van der Waals surface area contributed by atoms with Crippen LogP contribution in [0, 0.1) is 0 Å². The van der Waals surface area contributed by atoms with Crippen LogP contribution in [0.3, 0.4) is 0 Å². The van der Waals surface area contributed by atoms with Crippen molar-refractivity contribution in [3.05, 3.63) is 28.5 Å². The van der Waals surface area contributed by atoms with Crippen molar-refractivity contribution in [2.24, 2.45) is 0 Å². The molecule has 1 aromatic heterocycles. The van der Waals surface area contributed by atoms with E-state index in [-0.39, 0.29) is 0 Å². The molecule has 17 heavy (non-hydrogen) atoms. The zero-order chi connectivity index (χ0) is 12.1. The molecule has 1 aliphatic rings. The lowest BCUT2D eigenvalue weighted by Crippen LogP contribution is -2.42. The normalized spacial score (nSPS) is 18.5. The van der Waals surface area contributed by atoms with Crippen molar-refractivity contribution < 1.29 is 0 Å². The molecule has 4 heteroatoms. The molecule has 0 aliphatic carbocycles. The van der Waals surface area contributed by atoms with E-state index >= 15 is 0 Å². The third kappa shape index (κ3) is 4.05. The summed E-state index contributed by atoms with van der Waals surface area (Å²) in [6.45, 7) is 6.74. The van der Waals surface area contributed by atoms with Crippen LogP contribution in [0.2, 0.25) is 0 Å². The molecule has 1 N–H and O–H groups in total. The first-order chi connectivity index (χ1) is 8.28. The predicted octanol–water partition coefficient (Wildman–Crippen LogP) is 2.42. The van der Waals surface area contributed by atoms with E-state index < -0.39 is 0 Å². The highest BCUT2D eigenvalue weighted by molar-refractivity contribution is 9.10. The van der Waals surface area contributed by atoms with E-state index in [1.54, 1.807) is 0 Å². The molecule has 2 rings (SSSR count). The average molecular weight is 298 g/mol. The van der Waals surface area contributed by atoms with Crippen molar-refractivity contribution >= 4 is 15.9 Å². The van der Waals surface area contributed by atoms with Gasteiger partial charge in [-0.25, -0.2) is 0 Å². The third-order valence-electron chi connectivity index (χ3n) is 3.40. The molecule has 0 unspecified atom stereocenters. The van der Waals surface area contributed by atoms with Crippen molar-refractivity contribution in [2.75, 3.05) is 19.6 Å². The van der Waals surface area contributed by atoms with E-state index in [1.807, 2.05) is 12.3 Å². The molecule has 0 spiro atoms. The SMILES string of the molecule is CCN1CCC(NCc2ccc(Br)cn2)CC1. The maximum absolute atomic E-state index is 4.37. The molecule has 1 aliphatic heterocycles. The lowest BCUT2D eigenvalue weighted by molar-refractivity contribution is 0.205. The Labute approximate surface area is 112 Å². The van der Waals surface area contributed by atoms with Gasteiger partial charge in [0.2, 0.25) is 0 Å². The predicted molar refractivity (Wildman–Crippen MR) is 73.9 cm³/mol. The Balaban J connectivity index is 1.74. The minimum absolute atomic E-state index is 0.656. The fourth-order valence-electron chi connectivity index (χ4n) is 2.21. The fourth-order valence-corrected chi connectivity index (χ4v) is 2.45. The van der Waals surface area contributed by atoms with Crippen LogP contribution in [0.4, 0.5) is 0 Å². The van der Waals surface area contributed by atoms with Gasteiger partial charge in [-0.1, -0.05) is 6.92 Å². The van der Waals surface area contributed by atoms with Gasteiger partial charge in [-0.3, -0.25) is 4.98 Å². The van der Waals surface area contributed by atoms with Crippen molar-refractivity contribution in [1.82, 2.24) is 15.2 Å². The van der Waals surface area contributed by atoms with E-state index in [2.05, 4.69) is 44.1 Å². The largest absolute Gasteiger partial charge is 0.308 e. The lowest BCUT2D eigenvalue weighted by Gasteiger charge is -2.31. The molecule has 0 radical (unpaired) electrons. The van der Waals surface area contributed by atoms with E-state index in [0.29, 0.717) is 6.04 Å². The topological polar surface area (TPSA) is 28.2 Å². The Morgan fingerprint density at radius 2 is 2.18 bits per heavy atom. The van der Waals surface area contributed by atoms with Gasteiger partial charge in [-0.15, -0.1) is 0 Å². The standard InChI is InChI=1S/C13H20BrN3/c1-2-17-7-5-12(6-8-17)16-10-13-4-3-11(14)9-15-13/h3-4,9,12,16H,2,5-8,10H2,1H3. The molecular formula is C13H20BrN3. The fraction of sp³-hybridized carbons (Fsp3) is 0.615. The Kier molecular flexibility index (Phi) is 4.95. The van der Waals surface area contributed by atoms with Gasteiger partial charge >= 0.3 is 0 Å². The summed E-state index contributed by atoms with van der Waals surface area (Å²) in [6.07, 6.45) is 4.37.